The third kappa shape index (κ3) is 5.85. The molecule has 1 aromatic heterocycles. The van der Waals surface area contributed by atoms with E-state index in [9.17, 15) is 14.0 Å². The minimum Gasteiger partial charge on any atom is -0.491 e. The smallest absolute Gasteiger partial charge is 0.254 e. The molecule has 0 N–H and O–H groups in total. The number of hydrogen-bond acceptors (Lipinski definition) is 4. The number of benzene rings is 2. The van der Waals surface area contributed by atoms with Gasteiger partial charge in [0, 0.05) is 28.0 Å². The molecule has 0 saturated heterocycles. The number of carbonyl (C=O) groups excluding carboxylic acids is 2. The quantitative estimate of drug-likeness (QED) is 0.371. The summed E-state index contributed by atoms with van der Waals surface area (Å²) in [5.74, 6) is -0.315. The van der Waals surface area contributed by atoms with Crippen LogP contribution in [-0.2, 0) is 11.2 Å². The van der Waals surface area contributed by atoms with Crippen molar-refractivity contribution in [2.24, 2.45) is 0 Å². The van der Waals surface area contributed by atoms with Crippen LogP contribution in [0, 0.1) is 5.82 Å². The molecule has 8 heteroatoms. The van der Waals surface area contributed by atoms with E-state index in [0.29, 0.717) is 23.7 Å². The number of fused-ring (bicyclic) bond motifs is 1. The zero-order valence-electron chi connectivity index (χ0n) is 19.7. The third-order valence-electron chi connectivity index (χ3n) is 6.40. The standard InChI is InChI=1S/C27H28ClFN2O3S/c1-3-18(2)31(27(33)19-5-4-6-21(29)15-19)16-26(32)30-13-11-25-23(12-14-35-25)24(30)17-34-22-9-7-20(28)8-10-22/h4-10,12,14-15,18,24H,3,11,13,16-17H2,1-2H3/t18-,24+/m0/s1. The number of halogens is 2. The largest absolute Gasteiger partial charge is 0.491 e. The highest BCUT2D eigenvalue weighted by atomic mass is 35.5. The van der Waals surface area contributed by atoms with Gasteiger partial charge in [-0.15, -0.1) is 11.3 Å². The highest BCUT2D eigenvalue weighted by molar-refractivity contribution is 7.10. The Hall–Kier alpha value is -2.90. The molecule has 4 rings (SSSR count). The second kappa shape index (κ2) is 11.2. The molecule has 2 heterocycles. The van der Waals surface area contributed by atoms with Gasteiger partial charge in [-0.2, -0.15) is 0 Å². The van der Waals surface area contributed by atoms with Gasteiger partial charge in [0.1, 0.15) is 24.7 Å². The summed E-state index contributed by atoms with van der Waals surface area (Å²) in [6.07, 6.45) is 1.43. The fourth-order valence-electron chi connectivity index (χ4n) is 4.25. The van der Waals surface area contributed by atoms with Crippen molar-refractivity contribution >= 4 is 34.8 Å². The second-order valence-electron chi connectivity index (χ2n) is 8.62. The van der Waals surface area contributed by atoms with E-state index in [1.807, 2.05) is 25.3 Å². The van der Waals surface area contributed by atoms with Crippen LogP contribution >= 0.6 is 22.9 Å². The molecule has 35 heavy (non-hydrogen) atoms. The van der Waals surface area contributed by atoms with Gasteiger partial charge in [0.15, 0.2) is 0 Å². The number of carbonyl (C=O) groups is 2. The Balaban J connectivity index is 1.54. The lowest BCUT2D eigenvalue weighted by molar-refractivity contribution is -0.136. The van der Waals surface area contributed by atoms with Gasteiger partial charge in [-0.25, -0.2) is 4.39 Å². The van der Waals surface area contributed by atoms with Crippen LogP contribution in [0.15, 0.2) is 60.0 Å². The van der Waals surface area contributed by atoms with E-state index in [4.69, 9.17) is 16.3 Å². The van der Waals surface area contributed by atoms with Crippen LogP contribution in [0.1, 0.15) is 47.1 Å². The van der Waals surface area contributed by atoms with Crippen LogP contribution in [0.4, 0.5) is 4.39 Å². The predicted molar refractivity (Wildman–Crippen MR) is 137 cm³/mol. The predicted octanol–water partition coefficient (Wildman–Crippen LogP) is 5.99. The highest BCUT2D eigenvalue weighted by Gasteiger charge is 2.34. The molecule has 0 unspecified atom stereocenters. The van der Waals surface area contributed by atoms with Crippen LogP contribution in [-0.4, -0.2) is 47.4 Å². The first-order valence-corrected chi connectivity index (χ1v) is 12.9. The highest BCUT2D eigenvalue weighted by Crippen LogP contribution is 2.34. The van der Waals surface area contributed by atoms with Gasteiger partial charge < -0.3 is 14.5 Å². The average Bonchev–Trinajstić information content (AvgIpc) is 3.35. The van der Waals surface area contributed by atoms with Crippen molar-refractivity contribution in [2.45, 2.75) is 38.8 Å². The SMILES string of the molecule is CC[C@H](C)N(CC(=O)N1CCc2sccc2[C@H]1COc1ccc(Cl)cc1)C(=O)c1cccc(F)c1. The molecule has 0 fully saturated rings. The van der Waals surface area contributed by atoms with Crippen molar-refractivity contribution in [1.29, 1.82) is 0 Å². The molecule has 0 bridgehead atoms. The summed E-state index contributed by atoms with van der Waals surface area (Å²) < 4.78 is 19.8. The van der Waals surface area contributed by atoms with E-state index in [0.717, 1.165) is 12.0 Å². The number of ether oxygens (including phenoxy) is 1. The maximum absolute atomic E-state index is 13.8. The van der Waals surface area contributed by atoms with Crippen LogP contribution < -0.4 is 4.74 Å². The number of amides is 2. The fourth-order valence-corrected chi connectivity index (χ4v) is 5.31. The van der Waals surface area contributed by atoms with Gasteiger partial charge in [-0.05, 0) is 79.2 Å². The Morgan fingerprint density at radius 1 is 1.23 bits per heavy atom. The van der Waals surface area contributed by atoms with Gasteiger partial charge in [0.2, 0.25) is 5.91 Å². The van der Waals surface area contributed by atoms with Gasteiger partial charge in [0.25, 0.3) is 5.91 Å². The molecule has 0 radical (unpaired) electrons. The van der Waals surface area contributed by atoms with E-state index < -0.39 is 5.82 Å². The molecule has 0 saturated carbocycles. The minimum absolute atomic E-state index is 0.0821. The zero-order chi connectivity index (χ0) is 24.9. The monoisotopic (exact) mass is 514 g/mol. The van der Waals surface area contributed by atoms with Crippen molar-refractivity contribution in [3.63, 3.8) is 0 Å². The second-order valence-corrected chi connectivity index (χ2v) is 10.1. The molecular weight excluding hydrogens is 487 g/mol. The zero-order valence-corrected chi connectivity index (χ0v) is 21.3. The van der Waals surface area contributed by atoms with Crippen molar-refractivity contribution in [3.05, 3.63) is 86.8 Å². The summed E-state index contributed by atoms with van der Waals surface area (Å²) in [7, 11) is 0. The number of nitrogens with zero attached hydrogens (tertiary/aromatic N) is 2. The molecular formula is C27H28ClFN2O3S. The lowest BCUT2D eigenvalue weighted by Gasteiger charge is -2.38. The van der Waals surface area contributed by atoms with E-state index in [1.165, 1.54) is 28.0 Å². The molecule has 5 nitrogen and oxygen atoms in total. The molecule has 2 atom stereocenters. The minimum atomic E-state index is -0.480. The van der Waals surface area contributed by atoms with Crippen LogP contribution in [0.3, 0.4) is 0 Å². The summed E-state index contributed by atoms with van der Waals surface area (Å²) in [5.41, 5.74) is 1.31. The lowest BCUT2D eigenvalue weighted by atomic mass is 10.00. The van der Waals surface area contributed by atoms with Crippen LogP contribution in [0.25, 0.3) is 0 Å². The van der Waals surface area contributed by atoms with E-state index >= 15 is 0 Å². The van der Waals surface area contributed by atoms with E-state index in [-0.39, 0.29) is 42.6 Å². The molecule has 0 aliphatic carbocycles. The first-order valence-electron chi connectivity index (χ1n) is 11.7. The van der Waals surface area contributed by atoms with E-state index in [1.54, 1.807) is 46.6 Å². The van der Waals surface area contributed by atoms with Gasteiger partial charge >= 0.3 is 0 Å². The van der Waals surface area contributed by atoms with Gasteiger partial charge in [0.05, 0.1) is 6.04 Å². The van der Waals surface area contributed by atoms with Crippen molar-refractivity contribution in [2.75, 3.05) is 19.7 Å². The Morgan fingerprint density at radius 3 is 2.71 bits per heavy atom. The summed E-state index contributed by atoms with van der Waals surface area (Å²) in [6.45, 7) is 4.62. The molecule has 2 amide bonds. The third-order valence-corrected chi connectivity index (χ3v) is 7.65. The lowest BCUT2D eigenvalue weighted by Crippen LogP contribution is -2.49. The van der Waals surface area contributed by atoms with Crippen molar-refractivity contribution < 1.29 is 18.7 Å². The van der Waals surface area contributed by atoms with Crippen molar-refractivity contribution in [3.8, 4) is 5.75 Å². The Morgan fingerprint density at radius 2 is 2.00 bits per heavy atom. The van der Waals surface area contributed by atoms with Crippen LogP contribution in [0.5, 0.6) is 5.75 Å². The summed E-state index contributed by atoms with van der Waals surface area (Å²) in [5, 5.41) is 2.66. The fraction of sp³-hybridized carbons (Fsp3) is 0.333. The number of rotatable bonds is 8. The van der Waals surface area contributed by atoms with Gasteiger partial charge in [-0.1, -0.05) is 24.6 Å². The molecule has 0 spiro atoms. The maximum atomic E-state index is 13.8. The summed E-state index contributed by atoms with van der Waals surface area (Å²) in [6, 6.07) is 14.3. The first kappa shape index (κ1) is 25.2. The molecule has 3 aromatic rings. The van der Waals surface area contributed by atoms with Crippen LogP contribution in [0.2, 0.25) is 5.02 Å². The molecule has 1 aliphatic heterocycles. The maximum Gasteiger partial charge on any atom is 0.254 e. The number of hydrogen-bond donors (Lipinski definition) is 0. The van der Waals surface area contributed by atoms with Gasteiger partial charge in [-0.3, -0.25) is 9.59 Å². The number of thiophene rings is 1. The first-order chi connectivity index (χ1) is 16.9. The Labute approximate surface area is 214 Å². The summed E-state index contributed by atoms with van der Waals surface area (Å²) in [4.78, 5) is 31.5. The normalized spacial score (nSPS) is 15.9. The molecule has 2 aromatic carbocycles. The topological polar surface area (TPSA) is 49.9 Å². The molecule has 184 valence electrons. The average molecular weight is 515 g/mol. The van der Waals surface area contributed by atoms with Crippen molar-refractivity contribution in [1.82, 2.24) is 9.80 Å². The Kier molecular flexibility index (Phi) is 8.08. The summed E-state index contributed by atoms with van der Waals surface area (Å²) >= 11 is 7.66. The van der Waals surface area contributed by atoms with E-state index in [2.05, 4.69) is 0 Å². The molecule has 1 aliphatic rings. The Bertz CT molecular complexity index is 1180.